The van der Waals surface area contributed by atoms with Gasteiger partial charge in [-0.3, -0.25) is 4.90 Å². The molecule has 1 aliphatic rings. The molecular weight excluding hydrogens is 236 g/mol. The Labute approximate surface area is 107 Å². The fourth-order valence-corrected chi connectivity index (χ4v) is 2.61. The minimum absolute atomic E-state index is 0.185. The summed E-state index contributed by atoms with van der Waals surface area (Å²) in [6.45, 7) is 3.63. The second-order valence-corrected chi connectivity index (χ2v) is 5.01. The Bertz CT molecular complexity index is 372. The summed E-state index contributed by atoms with van der Waals surface area (Å²) in [4.78, 5) is 2.35. The van der Waals surface area contributed by atoms with Gasteiger partial charge < -0.3 is 10.5 Å². The van der Waals surface area contributed by atoms with E-state index in [1.807, 2.05) is 18.2 Å². The molecule has 0 bridgehead atoms. The Hall–Kier alpha value is -0.610. The summed E-state index contributed by atoms with van der Waals surface area (Å²) in [5.74, 6) is 0.380. The van der Waals surface area contributed by atoms with Crippen LogP contribution in [0.25, 0.3) is 0 Å². The van der Waals surface area contributed by atoms with Crippen LogP contribution in [-0.2, 0) is 4.74 Å². The SMILES string of the molecule is COCCN1C[C@H](c2cccc(Cl)c2)[C@@H](N)C1. The van der Waals surface area contributed by atoms with Crippen LogP contribution in [-0.4, -0.2) is 44.3 Å². The summed E-state index contributed by atoms with van der Waals surface area (Å²) in [5, 5.41) is 0.782. The minimum Gasteiger partial charge on any atom is -0.383 e. The average Bonchev–Trinajstić information content (AvgIpc) is 2.68. The van der Waals surface area contributed by atoms with Crippen molar-refractivity contribution < 1.29 is 4.74 Å². The number of ether oxygens (including phenoxy) is 1. The number of hydrogen-bond donors (Lipinski definition) is 1. The third kappa shape index (κ3) is 3.19. The first kappa shape index (κ1) is 12.8. The van der Waals surface area contributed by atoms with Crippen LogP contribution in [0.1, 0.15) is 11.5 Å². The molecule has 2 rings (SSSR count). The molecular formula is C13H19ClN2O. The number of halogens is 1. The number of likely N-dealkylation sites (tertiary alicyclic amines) is 1. The van der Waals surface area contributed by atoms with E-state index in [1.165, 1.54) is 5.56 Å². The summed E-state index contributed by atoms with van der Waals surface area (Å²) in [7, 11) is 1.73. The molecule has 4 heteroatoms. The van der Waals surface area contributed by atoms with E-state index < -0.39 is 0 Å². The van der Waals surface area contributed by atoms with Crippen LogP contribution in [0.5, 0.6) is 0 Å². The minimum atomic E-state index is 0.185. The molecule has 1 fully saturated rings. The predicted molar refractivity (Wildman–Crippen MR) is 70.5 cm³/mol. The van der Waals surface area contributed by atoms with Crippen molar-refractivity contribution in [2.24, 2.45) is 5.73 Å². The zero-order chi connectivity index (χ0) is 12.3. The van der Waals surface area contributed by atoms with Gasteiger partial charge in [-0.1, -0.05) is 23.7 Å². The van der Waals surface area contributed by atoms with Gasteiger partial charge in [-0.25, -0.2) is 0 Å². The first-order chi connectivity index (χ1) is 8.20. The van der Waals surface area contributed by atoms with Crippen molar-refractivity contribution in [2.75, 3.05) is 33.4 Å². The third-order valence-corrected chi connectivity index (χ3v) is 3.56. The molecule has 0 amide bonds. The van der Waals surface area contributed by atoms with Gasteiger partial charge in [0.2, 0.25) is 0 Å². The molecule has 1 aromatic carbocycles. The van der Waals surface area contributed by atoms with E-state index in [4.69, 9.17) is 22.1 Å². The van der Waals surface area contributed by atoms with Crippen molar-refractivity contribution >= 4 is 11.6 Å². The van der Waals surface area contributed by atoms with E-state index >= 15 is 0 Å². The highest BCUT2D eigenvalue weighted by Crippen LogP contribution is 2.27. The molecule has 0 aromatic heterocycles. The fourth-order valence-electron chi connectivity index (χ4n) is 2.41. The maximum Gasteiger partial charge on any atom is 0.0589 e. The molecule has 2 atom stereocenters. The summed E-state index contributed by atoms with van der Waals surface area (Å²) < 4.78 is 5.10. The highest BCUT2D eigenvalue weighted by atomic mass is 35.5. The summed E-state index contributed by atoms with van der Waals surface area (Å²) >= 11 is 6.02. The monoisotopic (exact) mass is 254 g/mol. The van der Waals surface area contributed by atoms with E-state index in [9.17, 15) is 0 Å². The quantitative estimate of drug-likeness (QED) is 0.889. The summed E-state index contributed by atoms with van der Waals surface area (Å²) in [5.41, 5.74) is 7.44. The van der Waals surface area contributed by atoms with Crippen LogP contribution < -0.4 is 5.73 Å². The molecule has 1 saturated heterocycles. The van der Waals surface area contributed by atoms with Gasteiger partial charge in [0.25, 0.3) is 0 Å². The van der Waals surface area contributed by atoms with Crippen LogP contribution in [0.3, 0.4) is 0 Å². The van der Waals surface area contributed by atoms with Crippen molar-refractivity contribution in [3.05, 3.63) is 34.9 Å². The molecule has 2 N–H and O–H groups in total. The fraction of sp³-hybridized carbons (Fsp3) is 0.538. The van der Waals surface area contributed by atoms with Crippen LogP contribution in [0.15, 0.2) is 24.3 Å². The van der Waals surface area contributed by atoms with Crippen LogP contribution in [0.4, 0.5) is 0 Å². The Morgan fingerprint density at radius 3 is 3.00 bits per heavy atom. The van der Waals surface area contributed by atoms with Gasteiger partial charge in [-0.15, -0.1) is 0 Å². The van der Waals surface area contributed by atoms with Crippen LogP contribution >= 0.6 is 11.6 Å². The van der Waals surface area contributed by atoms with Crippen molar-refractivity contribution in [3.8, 4) is 0 Å². The molecule has 0 aliphatic carbocycles. The molecule has 0 radical (unpaired) electrons. The van der Waals surface area contributed by atoms with Crippen LogP contribution in [0.2, 0.25) is 5.02 Å². The molecule has 0 unspecified atom stereocenters. The van der Waals surface area contributed by atoms with Crippen molar-refractivity contribution in [1.29, 1.82) is 0 Å². The predicted octanol–water partition coefficient (Wildman–Crippen LogP) is 1.71. The van der Waals surface area contributed by atoms with E-state index in [-0.39, 0.29) is 6.04 Å². The van der Waals surface area contributed by atoms with Gasteiger partial charge >= 0.3 is 0 Å². The van der Waals surface area contributed by atoms with Gasteiger partial charge in [0.15, 0.2) is 0 Å². The van der Waals surface area contributed by atoms with Crippen LogP contribution in [0, 0.1) is 0 Å². The Morgan fingerprint density at radius 2 is 2.29 bits per heavy atom. The van der Waals surface area contributed by atoms with E-state index in [1.54, 1.807) is 7.11 Å². The standard InChI is InChI=1S/C13H19ClN2O/c1-17-6-5-16-8-12(13(15)9-16)10-3-2-4-11(14)7-10/h2-4,7,12-13H,5-6,8-9,15H2,1H3/t12-,13+/m1/s1. The molecule has 17 heavy (non-hydrogen) atoms. The number of nitrogens with two attached hydrogens (primary N) is 1. The Balaban J connectivity index is 2.02. The third-order valence-electron chi connectivity index (χ3n) is 3.33. The Morgan fingerprint density at radius 1 is 1.47 bits per heavy atom. The highest BCUT2D eigenvalue weighted by Gasteiger charge is 2.30. The zero-order valence-electron chi connectivity index (χ0n) is 10.1. The van der Waals surface area contributed by atoms with E-state index in [0.29, 0.717) is 5.92 Å². The van der Waals surface area contributed by atoms with Crippen molar-refractivity contribution in [3.63, 3.8) is 0 Å². The molecule has 1 heterocycles. The molecule has 94 valence electrons. The summed E-state index contributed by atoms with van der Waals surface area (Å²) in [6, 6.07) is 8.20. The van der Waals surface area contributed by atoms with Crippen molar-refractivity contribution in [1.82, 2.24) is 4.90 Å². The molecule has 3 nitrogen and oxygen atoms in total. The van der Waals surface area contributed by atoms with Gasteiger partial charge in [-0.2, -0.15) is 0 Å². The largest absolute Gasteiger partial charge is 0.383 e. The van der Waals surface area contributed by atoms with Gasteiger partial charge in [-0.05, 0) is 17.7 Å². The molecule has 0 saturated carbocycles. The average molecular weight is 255 g/mol. The van der Waals surface area contributed by atoms with E-state index in [0.717, 1.165) is 31.3 Å². The number of benzene rings is 1. The first-order valence-electron chi connectivity index (χ1n) is 5.93. The lowest BCUT2D eigenvalue weighted by atomic mass is 9.95. The lowest BCUT2D eigenvalue weighted by Crippen LogP contribution is -2.30. The molecule has 1 aromatic rings. The van der Waals surface area contributed by atoms with E-state index in [2.05, 4.69) is 11.0 Å². The molecule has 1 aliphatic heterocycles. The maximum atomic E-state index is 6.20. The van der Waals surface area contributed by atoms with Gasteiger partial charge in [0, 0.05) is 43.7 Å². The van der Waals surface area contributed by atoms with Gasteiger partial charge in [0.1, 0.15) is 0 Å². The molecule has 0 spiro atoms. The lowest BCUT2D eigenvalue weighted by molar-refractivity contribution is 0.160. The smallest absolute Gasteiger partial charge is 0.0589 e. The maximum absolute atomic E-state index is 6.20. The normalized spacial score (nSPS) is 25.4. The second kappa shape index (κ2) is 5.83. The summed E-state index contributed by atoms with van der Waals surface area (Å²) in [6.07, 6.45) is 0. The zero-order valence-corrected chi connectivity index (χ0v) is 10.9. The lowest BCUT2D eigenvalue weighted by Gasteiger charge is -2.15. The second-order valence-electron chi connectivity index (χ2n) is 4.58. The van der Waals surface area contributed by atoms with Crippen molar-refractivity contribution in [2.45, 2.75) is 12.0 Å². The van der Waals surface area contributed by atoms with Gasteiger partial charge in [0.05, 0.1) is 6.61 Å². The number of hydrogen-bond acceptors (Lipinski definition) is 3. The highest BCUT2D eigenvalue weighted by molar-refractivity contribution is 6.30. The topological polar surface area (TPSA) is 38.5 Å². The first-order valence-corrected chi connectivity index (χ1v) is 6.31. The number of rotatable bonds is 4. The Kier molecular flexibility index (Phi) is 4.40. The number of methoxy groups -OCH3 is 1. The number of nitrogens with zero attached hydrogens (tertiary/aromatic N) is 1.